The molecule has 0 bridgehead atoms. The van der Waals surface area contributed by atoms with Crippen LogP contribution in [-0.2, 0) is 9.59 Å². The molecule has 0 aliphatic carbocycles. The van der Waals surface area contributed by atoms with Crippen LogP contribution in [0.5, 0.6) is 0 Å². The van der Waals surface area contributed by atoms with Crippen molar-refractivity contribution in [1.29, 1.82) is 0 Å². The molecule has 17 heavy (non-hydrogen) atoms. The number of carbonyl (C=O) groups excluding carboxylic acids is 1. The smallest absolute Gasteiger partial charge is 0.309 e. The first-order valence-electron chi connectivity index (χ1n) is 6.17. The Balaban J connectivity index is 3.91. The minimum atomic E-state index is -0.831. The maximum atomic E-state index is 11.6. The van der Waals surface area contributed by atoms with Crippen LogP contribution in [0.2, 0.25) is 0 Å². The highest BCUT2D eigenvalue weighted by atomic mass is 16.4. The second-order valence-corrected chi connectivity index (χ2v) is 5.71. The molecule has 0 aromatic heterocycles. The van der Waals surface area contributed by atoms with Crippen molar-refractivity contribution in [2.24, 2.45) is 17.3 Å². The first-order valence-corrected chi connectivity index (χ1v) is 6.17. The van der Waals surface area contributed by atoms with Gasteiger partial charge in [-0.15, -0.1) is 0 Å². The van der Waals surface area contributed by atoms with Crippen LogP contribution in [0, 0.1) is 17.3 Å². The van der Waals surface area contributed by atoms with Gasteiger partial charge >= 0.3 is 5.97 Å². The molecule has 1 atom stereocenters. The molecular formula is C13H25NO3. The quantitative estimate of drug-likeness (QED) is 0.721. The van der Waals surface area contributed by atoms with Gasteiger partial charge in [0.15, 0.2) is 0 Å². The lowest BCUT2D eigenvalue weighted by Gasteiger charge is -2.20. The van der Waals surface area contributed by atoms with E-state index in [0.29, 0.717) is 31.2 Å². The molecule has 0 aromatic rings. The second kappa shape index (κ2) is 6.62. The molecule has 100 valence electrons. The summed E-state index contributed by atoms with van der Waals surface area (Å²) in [6, 6.07) is 0. The number of carboxylic acid groups (broad SMARTS) is 1. The summed E-state index contributed by atoms with van der Waals surface area (Å²) in [5, 5.41) is 11.7. The van der Waals surface area contributed by atoms with Crippen molar-refractivity contribution in [3.8, 4) is 0 Å². The molecule has 0 aliphatic rings. The van der Waals surface area contributed by atoms with Crippen LogP contribution < -0.4 is 5.32 Å². The molecule has 0 saturated carbocycles. The van der Waals surface area contributed by atoms with Crippen LogP contribution in [0.15, 0.2) is 0 Å². The third kappa shape index (κ3) is 6.29. The average Bonchev–Trinajstić information content (AvgIpc) is 2.16. The molecule has 0 aromatic carbocycles. The van der Waals surface area contributed by atoms with E-state index in [1.54, 1.807) is 13.8 Å². The van der Waals surface area contributed by atoms with Crippen LogP contribution in [0.4, 0.5) is 0 Å². The Morgan fingerprint density at radius 2 is 1.76 bits per heavy atom. The fraction of sp³-hybridized carbons (Fsp3) is 0.846. The Hall–Kier alpha value is -1.06. The lowest BCUT2D eigenvalue weighted by Crippen LogP contribution is -2.32. The van der Waals surface area contributed by atoms with Crippen LogP contribution >= 0.6 is 0 Å². The lowest BCUT2D eigenvalue weighted by molar-refractivity contribution is -0.147. The molecular weight excluding hydrogens is 218 g/mol. The Bertz CT molecular complexity index is 272. The van der Waals surface area contributed by atoms with Crippen LogP contribution in [0.25, 0.3) is 0 Å². The van der Waals surface area contributed by atoms with E-state index in [2.05, 4.69) is 19.2 Å². The van der Waals surface area contributed by atoms with Crippen LogP contribution in [-0.4, -0.2) is 23.5 Å². The van der Waals surface area contributed by atoms with E-state index in [4.69, 9.17) is 5.11 Å². The monoisotopic (exact) mass is 243 g/mol. The van der Waals surface area contributed by atoms with Gasteiger partial charge in [0.2, 0.25) is 5.91 Å². The maximum absolute atomic E-state index is 11.6. The third-order valence-corrected chi connectivity index (χ3v) is 3.30. The van der Waals surface area contributed by atoms with E-state index in [0.717, 1.165) is 0 Å². The van der Waals surface area contributed by atoms with Gasteiger partial charge in [0.25, 0.3) is 0 Å². The van der Waals surface area contributed by atoms with Gasteiger partial charge in [0.1, 0.15) is 0 Å². The van der Waals surface area contributed by atoms with Crippen LogP contribution in [0.1, 0.15) is 47.5 Å². The molecule has 1 unspecified atom stereocenters. The van der Waals surface area contributed by atoms with Gasteiger partial charge in [-0.1, -0.05) is 20.8 Å². The molecule has 1 amide bonds. The third-order valence-electron chi connectivity index (χ3n) is 3.30. The van der Waals surface area contributed by atoms with Gasteiger partial charge < -0.3 is 10.4 Å². The summed E-state index contributed by atoms with van der Waals surface area (Å²) in [5.41, 5.74) is -0.781. The predicted octanol–water partition coefficient (Wildman–Crippen LogP) is 2.29. The molecule has 4 nitrogen and oxygen atoms in total. The Morgan fingerprint density at radius 3 is 2.18 bits per heavy atom. The summed E-state index contributed by atoms with van der Waals surface area (Å²) < 4.78 is 0. The van der Waals surface area contributed by atoms with Gasteiger partial charge in [-0.25, -0.2) is 0 Å². The summed E-state index contributed by atoms with van der Waals surface area (Å²) in [6.45, 7) is 9.97. The van der Waals surface area contributed by atoms with Crippen molar-refractivity contribution in [3.63, 3.8) is 0 Å². The zero-order chi connectivity index (χ0) is 13.6. The largest absolute Gasteiger partial charge is 0.481 e. The fourth-order valence-electron chi connectivity index (χ4n) is 1.22. The number of hydrogen-bond donors (Lipinski definition) is 2. The fourth-order valence-corrected chi connectivity index (χ4v) is 1.22. The number of nitrogens with one attached hydrogen (secondary N) is 1. The van der Waals surface area contributed by atoms with Crippen molar-refractivity contribution in [1.82, 2.24) is 5.32 Å². The van der Waals surface area contributed by atoms with Crippen molar-refractivity contribution in [2.75, 3.05) is 6.54 Å². The molecule has 4 heteroatoms. The molecule has 0 heterocycles. The van der Waals surface area contributed by atoms with Gasteiger partial charge in [-0.3, -0.25) is 9.59 Å². The van der Waals surface area contributed by atoms with Gasteiger partial charge in [-0.05, 0) is 32.1 Å². The number of aliphatic carboxylic acids is 1. The Morgan fingerprint density at radius 1 is 1.24 bits per heavy atom. The van der Waals surface area contributed by atoms with E-state index in [9.17, 15) is 9.59 Å². The van der Waals surface area contributed by atoms with Gasteiger partial charge in [0, 0.05) is 13.0 Å². The number of amides is 1. The maximum Gasteiger partial charge on any atom is 0.309 e. The highest BCUT2D eigenvalue weighted by Gasteiger charge is 2.26. The van der Waals surface area contributed by atoms with Crippen molar-refractivity contribution in [2.45, 2.75) is 47.5 Å². The molecule has 0 aliphatic heterocycles. The average molecular weight is 243 g/mol. The molecule has 0 radical (unpaired) electrons. The summed E-state index contributed by atoms with van der Waals surface area (Å²) >= 11 is 0. The van der Waals surface area contributed by atoms with Crippen molar-refractivity contribution >= 4 is 11.9 Å². The molecule has 2 N–H and O–H groups in total. The number of carboxylic acids is 1. The number of rotatable bonds is 7. The van der Waals surface area contributed by atoms with Crippen LogP contribution in [0.3, 0.4) is 0 Å². The normalized spacial score (nSPS) is 13.5. The van der Waals surface area contributed by atoms with E-state index in [-0.39, 0.29) is 5.91 Å². The van der Waals surface area contributed by atoms with Gasteiger partial charge in [-0.2, -0.15) is 0 Å². The lowest BCUT2D eigenvalue weighted by atomic mass is 9.89. The first-order chi connectivity index (χ1) is 7.66. The molecule has 0 saturated heterocycles. The minimum Gasteiger partial charge on any atom is -0.481 e. The second-order valence-electron chi connectivity index (χ2n) is 5.71. The van der Waals surface area contributed by atoms with E-state index in [1.807, 2.05) is 6.92 Å². The zero-order valence-electron chi connectivity index (χ0n) is 11.5. The van der Waals surface area contributed by atoms with E-state index in [1.165, 1.54) is 0 Å². The first kappa shape index (κ1) is 15.9. The van der Waals surface area contributed by atoms with Crippen molar-refractivity contribution in [3.05, 3.63) is 0 Å². The molecule has 0 fully saturated rings. The summed E-state index contributed by atoms with van der Waals surface area (Å²) in [7, 11) is 0. The summed E-state index contributed by atoms with van der Waals surface area (Å²) in [6.07, 6.45) is 0.954. The minimum absolute atomic E-state index is 0.00684. The van der Waals surface area contributed by atoms with Crippen molar-refractivity contribution < 1.29 is 14.7 Å². The zero-order valence-corrected chi connectivity index (χ0v) is 11.5. The standard InChI is InChI=1S/C13H25NO3/c1-9(2)10(3)8-11(15)14-7-6-13(4,5)12(16)17/h9-10H,6-8H2,1-5H3,(H,14,15)(H,16,17). The number of hydrogen-bond acceptors (Lipinski definition) is 2. The van der Waals surface area contributed by atoms with E-state index >= 15 is 0 Å². The molecule has 0 spiro atoms. The van der Waals surface area contributed by atoms with Gasteiger partial charge in [0.05, 0.1) is 5.41 Å². The van der Waals surface area contributed by atoms with E-state index < -0.39 is 11.4 Å². The summed E-state index contributed by atoms with van der Waals surface area (Å²) in [5.74, 6) is 0.00776. The number of carbonyl (C=O) groups is 2. The SMILES string of the molecule is CC(C)C(C)CC(=O)NCCC(C)(C)C(=O)O. The molecule has 0 rings (SSSR count). The summed E-state index contributed by atoms with van der Waals surface area (Å²) in [4.78, 5) is 22.4. The Labute approximate surface area is 104 Å². The predicted molar refractivity (Wildman–Crippen MR) is 67.7 cm³/mol. The highest BCUT2D eigenvalue weighted by molar-refractivity contribution is 5.76. The highest BCUT2D eigenvalue weighted by Crippen LogP contribution is 2.19. The Kier molecular flexibility index (Phi) is 6.21. The topological polar surface area (TPSA) is 66.4 Å².